The molecule has 1 aromatic heterocycles. The number of amides is 1. The second kappa shape index (κ2) is 7.81. The van der Waals surface area contributed by atoms with Gasteiger partial charge < -0.3 is 15.0 Å². The summed E-state index contributed by atoms with van der Waals surface area (Å²) in [4.78, 5) is 18.5. The number of hydrogen-bond donors (Lipinski definition) is 1. The summed E-state index contributed by atoms with van der Waals surface area (Å²) in [6.07, 6.45) is 1.65. The van der Waals surface area contributed by atoms with Gasteiger partial charge >= 0.3 is 0 Å². The van der Waals surface area contributed by atoms with Crippen LogP contribution in [0.3, 0.4) is 0 Å². The van der Waals surface area contributed by atoms with E-state index in [9.17, 15) is 4.79 Å². The second-order valence-corrected chi connectivity index (χ2v) is 6.63. The van der Waals surface area contributed by atoms with Crippen molar-refractivity contribution in [3.63, 3.8) is 0 Å². The van der Waals surface area contributed by atoms with Gasteiger partial charge in [0.1, 0.15) is 11.3 Å². The van der Waals surface area contributed by atoms with Crippen LogP contribution < -0.4 is 15.0 Å². The van der Waals surface area contributed by atoms with Crippen molar-refractivity contribution in [3.05, 3.63) is 58.7 Å². The molecule has 26 heavy (non-hydrogen) atoms. The van der Waals surface area contributed by atoms with Crippen LogP contribution >= 0.6 is 23.2 Å². The van der Waals surface area contributed by atoms with E-state index in [-0.39, 0.29) is 12.5 Å². The Labute approximate surface area is 161 Å². The maximum absolute atomic E-state index is 12.3. The van der Waals surface area contributed by atoms with Gasteiger partial charge in [0.25, 0.3) is 5.91 Å². The van der Waals surface area contributed by atoms with Crippen LogP contribution in [0.1, 0.15) is 0 Å². The number of aromatic nitrogens is 1. The van der Waals surface area contributed by atoms with Crippen molar-refractivity contribution >= 4 is 51.4 Å². The summed E-state index contributed by atoms with van der Waals surface area (Å²) in [5.41, 5.74) is 1.97. The SMILES string of the molecule is CN(C)c1c(Cl)cccc1NC(=O)COc1ccc(Cl)c2cccnc12. The number of carbonyl (C=O) groups excluding carboxylic acids is 1. The Morgan fingerprint density at radius 2 is 1.92 bits per heavy atom. The van der Waals surface area contributed by atoms with Crippen LogP contribution in [0.5, 0.6) is 5.75 Å². The summed E-state index contributed by atoms with van der Waals surface area (Å²) in [5.74, 6) is 0.202. The fourth-order valence-corrected chi connectivity index (χ4v) is 3.19. The molecular weight excluding hydrogens is 373 g/mol. The van der Waals surface area contributed by atoms with Gasteiger partial charge in [-0.1, -0.05) is 29.3 Å². The number of nitrogens with zero attached hydrogens (tertiary/aromatic N) is 2. The first-order chi connectivity index (χ1) is 12.5. The van der Waals surface area contributed by atoms with E-state index in [0.29, 0.717) is 27.0 Å². The molecular formula is C19H17Cl2N3O2. The molecule has 5 nitrogen and oxygen atoms in total. The standard InChI is InChI=1S/C19H17Cl2N3O2/c1-24(2)19-14(21)6-3-7-15(19)23-17(25)11-26-16-9-8-13(20)12-5-4-10-22-18(12)16/h3-10H,11H2,1-2H3,(H,23,25). The van der Waals surface area contributed by atoms with E-state index in [1.54, 1.807) is 42.6 Å². The fourth-order valence-electron chi connectivity index (χ4n) is 2.63. The molecule has 1 N–H and O–H groups in total. The van der Waals surface area contributed by atoms with Crippen molar-refractivity contribution in [3.8, 4) is 5.75 Å². The highest BCUT2D eigenvalue weighted by atomic mass is 35.5. The normalized spacial score (nSPS) is 10.6. The van der Waals surface area contributed by atoms with Crippen LogP contribution in [0.25, 0.3) is 10.9 Å². The Morgan fingerprint density at radius 3 is 2.69 bits per heavy atom. The zero-order chi connectivity index (χ0) is 18.7. The Kier molecular flexibility index (Phi) is 5.49. The first-order valence-electron chi connectivity index (χ1n) is 7.89. The van der Waals surface area contributed by atoms with Crippen molar-refractivity contribution in [2.24, 2.45) is 0 Å². The van der Waals surface area contributed by atoms with Crippen LogP contribution in [0.2, 0.25) is 10.0 Å². The van der Waals surface area contributed by atoms with Gasteiger partial charge in [-0.05, 0) is 36.4 Å². The topological polar surface area (TPSA) is 54.5 Å². The van der Waals surface area contributed by atoms with E-state index in [2.05, 4.69) is 10.3 Å². The van der Waals surface area contributed by atoms with Crippen molar-refractivity contribution in [1.29, 1.82) is 0 Å². The lowest BCUT2D eigenvalue weighted by Gasteiger charge is -2.19. The van der Waals surface area contributed by atoms with Crippen LogP contribution in [-0.2, 0) is 4.79 Å². The highest BCUT2D eigenvalue weighted by Gasteiger charge is 2.13. The number of hydrogen-bond acceptors (Lipinski definition) is 4. The molecule has 2 aromatic carbocycles. The molecule has 0 unspecified atom stereocenters. The molecule has 0 fully saturated rings. The molecule has 1 heterocycles. The minimum atomic E-state index is -0.297. The van der Waals surface area contributed by atoms with Crippen LogP contribution in [0.15, 0.2) is 48.7 Å². The summed E-state index contributed by atoms with van der Waals surface area (Å²) < 4.78 is 5.66. The summed E-state index contributed by atoms with van der Waals surface area (Å²) >= 11 is 12.4. The van der Waals surface area contributed by atoms with E-state index in [1.807, 2.05) is 25.1 Å². The Hall–Kier alpha value is -2.50. The minimum Gasteiger partial charge on any atom is -0.481 e. The van der Waals surface area contributed by atoms with Crippen LogP contribution in [0.4, 0.5) is 11.4 Å². The van der Waals surface area contributed by atoms with Crippen LogP contribution in [-0.4, -0.2) is 31.6 Å². The molecule has 1 amide bonds. The molecule has 0 aliphatic rings. The number of para-hydroxylation sites is 1. The van der Waals surface area contributed by atoms with Crippen molar-refractivity contribution < 1.29 is 9.53 Å². The van der Waals surface area contributed by atoms with E-state index in [1.165, 1.54) is 0 Å². The Bertz CT molecular complexity index is 961. The summed E-state index contributed by atoms with van der Waals surface area (Å²) in [6.45, 7) is -0.160. The molecule has 3 rings (SSSR count). The average Bonchev–Trinajstić information content (AvgIpc) is 2.61. The molecule has 0 bridgehead atoms. The van der Waals surface area contributed by atoms with Gasteiger partial charge in [0.15, 0.2) is 6.61 Å². The third kappa shape index (κ3) is 3.84. The fraction of sp³-hybridized carbons (Fsp3) is 0.158. The molecule has 0 atom stereocenters. The van der Waals surface area contributed by atoms with Crippen molar-refractivity contribution in [2.45, 2.75) is 0 Å². The van der Waals surface area contributed by atoms with E-state index < -0.39 is 0 Å². The van der Waals surface area contributed by atoms with Crippen molar-refractivity contribution in [2.75, 3.05) is 30.9 Å². The number of nitrogens with one attached hydrogen (secondary N) is 1. The number of ether oxygens (including phenoxy) is 1. The summed E-state index contributed by atoms with van der Waals surface area (Å²) in [5, 5.41) is 4.74. The third-order valence-corrected chi connectivity index (χ3v) is 4.38. The number of carbonyl (C=O) groups is 1. The summed E-state index contributed by atoms with van der Waals surface area (Å²) in [7, 11) is 3.72. The zero-order valence-corrected chi connectivity index (χ0v) is 15.8. The minimum absolute atomic E-state index is 0.160. The molecule has 0 aliphatic heterocycles. The largest absolute Gasteiger partial charge is 0.481 e. The van der Waals surface area contributed by atoms with Gasteiger partial charge in [-0.15, -0.1) is 0 Å². The van der Waals surface area contributed by atoms with E-state index in [4.69, 9.17) is 27.9 Å². The molecule has 3 aromatic rings. The van der Waals surface area contributed by atoms with Gasteiger partial charge in [0.2, 0.25) is 0 Å². The lowest BCUT2D eigenvalue weighted by Crippen LogP contribution is -2.22. The van der Waals surface area contributed by atoms with Gasteiger partial charge in [0.05, 0.1) is 21.4 Å². The lowest BCUT2D eigenvalue weighted by atomic mass is 10.2. The maximum atomic E-state index is 12.3. The average molecular weight is 390 g/mol. The van der Waals surface area contributed by atoms with E-state index >= 15 is 0 Å². The quantitative estimate of drug-likeness (QED) is 0.691. The Balaban J connectivity index is 1.75. The number of pyridine rings is 1. The highest BCUT2D eigenvalue weighted by Crippen LogP contribution is 2.33. The third-order valence-electron chi connectivity index (χ3n) is 3.75. The van der Waals surface area contributed by atoms with Crippen molar-refractivity contribution in [1.82, 2.24) is 4.98 Å². The highest BCUT2D eigenvalue weighted by molar-refractivity contribution is 6.35. The zero-order valence-electron chi connectivity index (χ0n) is 14.3. The number of rotatable bonds is 5. The monoisotopic (exact) mass is 389 g/mol. The molecule has 0 spiro atoms. The first kappa shape index (κ1) is 18.3. The number of fused-ring (bicyclic) bond motifs is 1. The van der Waals surface area contributed by atoms with Gasteiger partial charge in [-0.25, -0.2) is 0 Å². The number of halogens is 2. The van der Waals surface area contributed by atoms with Gasteiger partial charge in [0, 0.05) is 25.7 Å². The van der Waals surface area contributed by atoms with Crippen LogP contribution in [0, 0.1) is 0 Å². The Morgan fingerprint density at radius 1 is 1.12 bits per heavy atom. The molecule has 0 saturated carbocycles. The predicted molar refractivity (Wildman–Crippen MR) is 107 cm³/mol. The molecule has 7 heteroatoms. The molecule has 134 valence electrons. The second-order valence-electron chi connectivity index (χ2n) is 5.81. The number of benzene rings is 2. The number of anilines is 2. The first-order valence-corrected chi connectivity index (χ1v) is 8.64. The maximum Gasteiger partial charge on any atom is 0.262 e. The molecule has 0 radical (unpaired) electrons. The smallest absolute Gasteiger partial charge is 0.262 e. The predicted octanol–water partition coefficient (Wildman–Crippen LogP) is 4.63. The molecule has 0 aliphatic carbocycles. The lowest BCUT2D eigenvalue weighted by molar-refractivity contribution is -0.118. The van der Waals surface area contributed by atoms with Gasteiger partial charge in [-0.2, -0.15) is 0 Å². The van der Waals surface area contributed by atoms with Gasteiger partial charge in [-0.3, -0.25) is 9.78 Å². The molecule has 0 saturated heterocycles. The van der Waals surface area contributed by atoms with E-state index in [0.717, 1.165) is 11.1 Å². The summed E-state index contributed by atoms with van der Waals surface area (Å²) in [6, 6.07) is 12.4.